The highest BCUT2D eigenvalue weighted by molar-refractivity contribution is 5.99. The van der Waals surface area contributed by atoms with E-state index < -0.39 is 5.91 Å². The number of carbonyl (C=O) groups is 1. The number of halogens is 1. The van der Waals surface area contributed by atoms with Crippen molar-refractivity contribution in [2.24, 2.45) is 0 Å². The molecule has 0 aliphatic heterocycles. The summed E-state index contributed by atoms with van der Waals surface area (Å²) < 4.78 is 13.3. The van der Waals surface area contributed by atoms with Gasteiger partial charge in [0.05, 0.1) is 23.2 Å². The zero-order valence-electron chi connectivity index (χ0n) is 19.9. The molecule has 7 nitrogen and oxygen atoms in total. The molecule has 0 spiro atoms. The number of hydrogen-bond acceptors (Lipinski definition) is 6. The Morgan fingerprint density at radius 2 is 1.72 bits per heavy atom. The fourth-order valence-electron chi connectivity index (χ4n) is 3.81. The van der Waals surface area contributed by atoms with E-state index in [9.17, 15) is 14.4 Å². The SMILES string of the molecule is CNc1ccc(C(Nc2ncc(C#N)cc2C(=O)NC(C)c2ccc(F)cc2)c2cccnc2)cc1. The molecule has 0 radical (unpaired) electrons. The van der Waals surface area contributed by atoms with Crippen molar-refractivity contribution in [1.82, 2.24) is 15.3 Å². The zero-order chi connectivity index (χ0) is 25.5. The van der Waals surface area contributed by atoms with E-state index >= 15 is 0 Å². The average molecular weight is 481 g/mol. The number of pyridine rings is 2. The Balaban J connectivity index is 1.68. The van der Waals surface area contributed by atoms with Crippen LogP contribution in [0.5, 0.6) is 0 Å². The number of nitriles is 1. The maximum absolute atomic E-state index is 13.3. The quantitative estimate of drug-likeness (QED) is 0.319. The van der Waals surface area contributed by atoms with Crippen LogP contribution in [0, 0.1) is 17.1 Å². The Morgan fingerprint density at radius 1 is 1.00 bits per heavy atom. The van der Waals surface area contributed by atoms with Crippen LogP contribution in [-0.4, -0.2) is 22.9 Å². The molecular weight excluding hydrogens is 455 g/mol. The molecule has 8 heteroatoms. The van der Waals surface area contributed by atoms with E-state index in [0.29, 0.717) is 5.82 Å². The van der Waals surface area contributed by atoms with Crippen LogP contribution in [0.3, 0.4) is 0 Å². The van der Waals surface area contributed by atoms with Crippen molar-refractivity contribution in [2.45, 2.75) is 19.0 Å². The molecule has 1 amide bonds. The van der Waals surface area contributed by atoms with E-state index in [-0.39, 0.29) is 29.0 Å². The summed E-state index contributed by atoms with van der Waals surface area (Å²) in [6.07, 6.45) is 4.87. The van der Waals surface area contributed by atoms with Crippen molar-refractivity contribution in [3.63, 3.8) is 0 Å². The molecule has 4 aromatic rings. The van der Waals surface area contributed by atoms with Crippen molar-refractivity contribution in [2.75, 3.05) is 17.7 Å². The Bertz CT molecular complexity index is 1370. The monoisotopic (exact) mass is 480 g/mol. The van der Waals surface area contributed by atoms with Crippen molar-refractivity contribution in [3.8, 4) is 6.07 Å². The molecule has 3 N–H and O–H groups in total. The second-order valence-electron chi connectivity index (χ2n) is 8.21. The van der Waals surface area contributed by atoms with Gasteiger partial charge in [0.15, 0.2) is 0 Å². The topological polar surface area (TPSA) is 103 Å². The molecule has 2 aromatic heterocycles. The summed E-state index contributed by atoms with van der Waals surface area (Å²) in [4.78, 5) is 22.0. The zero-order valence-corrected chi connectivity index (χ0v) is 19.9. The normalized spacial score (nSPS) is 12.2. The van der Waals surface area contributed by atoms with Gasteiger partial charge in [-0.1, -0.05) is 30.3 Å². The van der Waals surface area contributed by atoms with E-state index in [1.165, 1.54) is 24.4 Å². The van der Waals surface area contributed by atoms with Crippen molar-refractivity contribution >= 4 is 17.4 Å². The molecule has 0 fully saturated rings. The first-order valence-corrected chi connectivity index (χ1v) is 11.4. The lowest BCUT2D eigenvalue weighted by Crippen LogP contribution is -2.28. The number of anilines is 2. The number of carbonyl (C=O) groups excluding carboxylic acids is 1. The minimum absolute atomic E-state index is 0.226. The first kappa shape index (κ1) is 24.4. The molecule has 0 aliphatic rings. The average Bonchev–Trinajstić information content (AvgIpc) is 2.92. The van der Waals surface area contributed by atoms with Gasteiger partial charge in [-0.25, -0.2) is 9.37 Å². The molecule has 2 aromatic carbocycles. The molecule has 4 rings (SSSR count). The lowest BCUT2D eigenvalue weighted by Gasteiger charge is -2.22. The predicted octanol–water partition coefficient (Wildman–Crippen LogP) is 5.22. The van der Waals surface area contributed by atoms with Crippen LogP contribution >= 0.6 is 0 Å². The van der Waals surface area contributed by atoms with Gasteiger partial charge in [0.2, 0.25) is 0 Å². The lowest BCUT2D eigenvalue weighted by molar-refractivity contribution is 0.0940. The minimum Gasteiger partial charge on any atom is -0.388 e. The van der Waals surface area contributed by atoms with Gasteiger partial charge in [0, 0.05) is 31.3 Å². The van der Waals surface area contributed by atoms with E-state index in [1.807, 2.05) is 56.4 Å². The highest BCUT2D eigenvalue weighted by Crippen LogP contribution is 2.29. The van der Waals surface area contributed by atoms with Crippen LogP contribution in [0.15, 0.2) is 85.3 Å². The van der Waals surface area contributed by atoms with Gasteiger partial charge >= 0.3 is 0 Å². The van der Waals surface area contributed by atoms with Crippen LogP contribution in [-0.2, 0) is 0 Å². The standard InChI is InChI=1S/C28H25FN6O/c1-18(20-5-9-23(29)10-6-20)34-28(36)25-14-19(15-30)16-33-27(25)35-26(22-4-3-13-32-17-22)21-7-11-24(31-2)12-8-21/h3-14,16-18,26,31H,1-2H3,(H,33,35)(H,34,36). The highest BCUT2D eigenvalue weighted by atomic mass is 19.1. The summed E-state index contributed by atoms with van der Waals surface area (Å²) in [6, 6.07) is 20.4. The maximum Gasteiger partial charge on any atom is 0.255 e. The molecule has 0 aliphatic carbocycles. The van der Waals surface area contributed by atoms with E-state index in [2.05, 4.69) is 25.9 Å². The van der Waals surface area contributed by atoms with Crippen LogP contribution in [0.1, 0.15) is 51.6 Å². The number of hydrogen-bond donors (Lipinski definition) is 3. The summed E-state index contributed by atoms with van der Waals surface area (Å²) in [5.74, 6) is -0.433. The van der Waals surface area contributed by atoms with Gasteiger partial charge in [-0.05, 0) is 60.0 Å². The lowest BCUT2D eigenvalue weighted by atomic mass is 9.99. The van der Waals surface area contributed by atoms with E-state index in [1.54, 1.807) is 24.5 Å². The van der Waals surface area contributed by atoms with Gasteiger partial charge in [0.1, 0.15) is 17.7 Å². The third-order valence-electron chi connectivity index (χ3n) is 5.81. The van der Waals surface area contributed by atoms with Gasteiger partial charge in [-0.3, -0.25) is 9.78 Å². The first-order valence-electron chi connectivity index (χ1n) is 11.4. The van der Waals surface area contributed by atoms with Gasteiger partial charge in [-0.2, -0.15) is 5.26 Å². The third kappa shape index (κ3) is 5.65. The molecular formula is C28H25FN6O. The maximum atomic E-state index is 13.3. The summed E-state index contributed by atoms with van der Waals surface area (Å²) in [5, 5.41) is 18.8. The second-order valence-corrected chi connectivity index (χ2v) is 8.21. The van der Waals surface area contributed by atoms with E-state index in [0.717, 1.165) is 22.4 Å². The van der Waals surface area contributed by atoms with Crippen LogP contribution in [0.2, 0.25) is 0 Å². The van der Waals surface area contributed by atoms with Crippen LogP contribution in [0.25, 0.3) is 0 Å². The second kappa shape index (κ2) is 11.1. The summed E-state index contributed by atoms with van der Waals surface area (Å²) >= 11 is 0. The molecule has 0 saturated heterocycles. The van der Waals surface area contributed by atoms with Gasteiger partial charge in [-0.15, -0.1) is 0 Å². The fraction of sp³-hybridized carbons (Fsp3) is 0.143. The number of rotatable bonds is 8. The van der Waals surface area contributed by atoms with Crippen LogP contribution < -0.4 is 16.0 Å². The molecule has 2 atom stereocenters. The molecule has 180 valence electrons. The number of amides is 1. The first-order chi connectivity index (χ1) is 17.5. The predicted molar refractivity (Wildman–Crippen MR) is 137 cm³/mol. The summed E-state index contributed by atoms with van der Waals surface area (Å²) in [7, 11) is 1.85. The third-order valence-corrected chi connectivity index (χ3v) is 5.81. The van der Waals surface area contributed by atoms with Crippen molar-refractivity contribution in [1.29, 1.82) is 5.26 Å². The largest absolute Gasteiger partial charge is 0.388 e. The smallest absolute Gasteiger partial charge is 0.255 e. The molecule has 0 bridgehead atoms. The Hall–Kier alpha value is -4.77. The highest BCUT2D eigenvalue weighted by Gasteiger charge is 2.21. The minimum atomic E-state index is -0.408. The Labute approximate surface area is 209 Å². The number of benzene rings is 2. The van der Waals surface area contributed by atoms with Crippen LogP contribution in [0.4, 0.5) is 15.9 Å². The van der Waals surface area contributed by atoms with Crippen molar-refractivity contribution < 1.29 is 9.18 Å². The van der Waals surface area contributed by atoms with E-state index in [4.69, 9.17) is 0 Å². The summed E-state index contributed by atoms with van der Waals surface area (Å²) in [5.41, 5.74) is 4.03. The number of nitrogens with zero attached hydrogens (tertiary/aromatic N) is 3. The van der Waals surface area contributed by atoms with Crippen molar-refractivity contribution in [3.05, 3.63) is 119 Å². The fourth-order valence-corrected chi connectivity index (χ4v) is 3.81. The molecule has 36 heavy (non-hydrogen) atoms. The van der Waals surface area contributed by atoms with Gasteiger partial charge < -0.3 is 16.0 Å². The molecule has 0 saturated carbocycles. The number of aromatic nitrogens is 2. The molecule has 2 heterocycles. The van der Waals surface area contributed by atoms with Gasteiger partial charge in [0.25, 0.3) is 5.91 Å². The Kier molecular flexibility index (Phi) is 7.51. The number of nitrogens with one attached hydrogen (secondary N) is 3. The molecule has 2 unspecified atom stereocenters. The Morgan fingerprint density at radius 3 is 2.36 bits per heavy atom. The summed E-state index contributed by atoms with van der Waals surface area (Å²) in [6.45, 7) is 1.81.